The summed E-state index contributed by atoms with van der Waals surface area (Å²) in [7, 11) is 0. The highest BCUT2D eigenvalue weighted by Crippen LogP contribution is 2.09. The Morgan fingerprint density at radius 2 is 1.94 bits per heavy atom. The molecule has 0 saturated carbocycles. The normalized spacial score (nSPS) is 10.5. The van der Waals surface area contributed by atoms with E-state index in [1.807, 2.05) is 0 Å². The molecule has 0 unspecified atom stereocenters. The van der Waals surface area contributed by atoms with Gasteiger partial charge in [-0.15, -0.1) is 0 Å². The second kappa shape index (κ2) is 6.54. The van der Waals surface area contributed by atoms with Crippen LogP contribution in [0.2, 0.25) is 5.02 Å². The van der Waals surface area contributed by atoms with Crippen molar-refractivity contribution in [2.45, 2.75) is 26.7 Å². The zero-order chi connectivity index (χ0) is 12.0. The molecule has 2 nitrogen and oxygen atoms in total. The summed E-state index contributed by atoms with van der Waals surface area (Å²) >= 11 is 5.75. The van der Waals surface area contributed by atoms with Crippen molar-refractivity contribution in [2.75, 3.05) is 6.54 Å². The summed E-state index contributed by atoms with van der Waals surface area (Å²) in [4.78, 5) is 11.6. The van der Waals surface area contributed by atoms with Crippen LogP contribution >= 0.6 is 11.6 Å². The molecule has 0 bridgehead atoms. The molecule has 3 heteroatoms. The van der Waals surface area contributed by atoms with Gasteiger partial charge < -0.3 is 5.32 Å². The predicted octanol–water partition coefficient (Wildman–Crippen LogP) is 3.51. The van der Waals surface area contributed by atoms with Gasteiger partial charge in [-0.2, -0.15) is 0 Å². The first-order valence-electron chi connectivity index (χ1n) is 5.63. The van der Waals surface area contributed by atoms with Gasteiger partial charge in [0, 0.05) is 17.1 Å². The SMILES string of the molecule is CC(C)CCCNC(=O)c1ccc(Cl)cc1. The summed E-state index contributed by atoms with van der Waals surface area (Å²) in [6, 6.07) is 6.93. The topological polar surface area (TPSA) is 29.1 Å². The maximum absolute atomic E-state index is 11.6. The third kappa shape index (κ3) is 4.67. The molecule has 0 saturated heterocycles. The summed E-state index contributed by atoms with van der Waals surface area (Å²) in [5.74, 6) is 0.660. The molecule has 0 aliphatic heterocycles. The highest BCUT2D eigenvalue weighted by Gasteiger charge is 2.04. The minimum atomic E-state index is -0.0274. The third-order valence-electron chi connectivity index (χ3n) is 2.35. The fourth-order valence-corrected chi connectivity index (χ4v) is 1.54. The van der Waals surface area contributed by atoms with Crippen molar-refractivity contribution in [2.24, 2.45) is 5.92 Å². The Morgan fingerprint density at radius 1 is 1.31 bits per heavy atom. The van der Waals surface area contributed by atoms with Crippen molar-refractivity contribution in [1.29, 1.82) is 0 Å². The standard InChI is InChI=1S/C13H18ClNO/c1-10(2)4-3-9-15-13(16)11-5-7-12(14)8-6-11/h5-8,10H,3-4,9H2,1-2H3,(H,15,16). The quantitative estimate of drug-likeness (QED) is 0.783. The summed E-state index contributed by atoms with van der Waals surface area (Å²) < 4.78 is 0. The summed E-state index contributed by atoms with van der Waals surface area (Å²) in [6.45, 7) is 5.10. The number of carbonyl (C=O) groups is 1. The number of rotatable bonds is 5. The van der Waals surface area contributed by atoms with Gasteiger partial charge in [0.05, 0.1) is 0 Å². The highest BCUT2D eigenvalue weighted by atomic mass is 35.5. The summed E-state index contributed by atoms with van der Waals surface area (Å²) in [5, 5.41) is 3.54. The summed E-state index contributed by atoms with van der Waals surface area (Å²) in [6.07, 6.45) is 2.16. The van der Waals surface area contributed by atoms with Crippen molar-refractivity contribution in [3.8, 4) is 0 Å². The lowest BCUT2D eigenvalue weighted by molar-refractivity contribution is 0.0952. The molecule has 0 aliphatic carbocycles. The van der Waals surface area contributed by atoms with Gasteiger partial charge in [-0.1, -0.05) is 25.4 Å². The molecule has 16 heavy (non-hydrogen) atoms. The van der Waals surface area contributed by atoms with E-state index in [1.165, 1.54) is 0 Å². The lowest BCUT2D eigenvalue weighted by Gasteiger charge is -2.06. The Morgan fingerprint density at radius 3 is 2.50 bits per heavy atom. The van der Waals surface area contributed by atoms with E-state index in [0.717, 1.165) is 19.4 Å². The van der Waals surface area contributed by atoms with E-state index in [4.69, 9.17) is 11.6 Å². The second-order valence-corrected chi connectivity index (χ2v) is 4.74. The number of amides is 1. The molecule has 0 radical (unpaired) electrons. The van der Waals surface area contributed by atoms with E-state index in [1.54, 1.807) is 24.3 Å². The monoisotopic (exact) mass is 239 g/mol. The van der Waals surface area contributed by atoms with Crippen molar-refractivity contribution >= 4 is 17.5 Å². The Hall–Kier alpha value is -1.02. The van der Waals surface area contributed by atoms with Gasteiger partial charge in [0.2, 0.25) is 0 Å². The van der Waals surface area contributed by atoms with Gasteiger partial charge >= 0.3 is 0 Å². The van der Waals surface area contributed by atoms with Crippen LogP contribution in [0.25, 0.3) is 0 Å². The minimum absolute atomic E-state index is 0.0274. The van der Waals surface area contributed by atoms with E-state index in [-0.39, 0.29) is 5.91 Å². The van der Waals surface area contributed by atoms with Crippen LogP contribution in [0.5, 0.6) is 0 Å². The maximum atomic E-state index is 11.6. The number of nitrogens with one attached hydrogen (secondary N) is 1. The predicted molar refractivity (Wildman–Crippen MR) is 67.9 cm³/mol. The molecule has 1 N–H and O–H groups in total. The molecule has 0 aliphatic rings. The molecule has 1 aromatic carbocycles. The third-order valence-corrected chi connectivity index (χ3v) is 2.60. The van der Waals surface area contributed by atoms with Crippen molar-refractivity contribution < 1.29 is 4.79 Å². The largest absolute Gasteiger partial charge is 0.352 e. The van der Waals surface area contributed by atoms with Crippen LogP contribution in [0.15, 0.2) is 24.3 Å². The first kappa shape index (κ1) is 13.0. The van der Waals surface area contributed by atoms with Crippen LogP contribution in [-0.4, -0.2) is 12.5 Å². The Balaban J connectivity index is 2.32. The average Bonchev–Trinajstić information content (AvgIpc) is 2.25. The molecule has 0 heterocycles. The zero-order valence-electron chi connectivity index (χ0n) is 9.79. The lowest BCUT2D eigenvalue weighted by Crippen LogP contribution is -2.24. The van der Waals surface area contributed by atoms with E-state index in [2.05, 4.69) is 19.2 Å². The molecule has 1 rings (SSSR count). The molecule has 0 fully saturated rings. The van der Waals surface area contributed by atoms with Crippen LogP contribution in [0.3, 0.4) is 0 Å². The lowest BCUT2D eigenvalue weighted by atomic mass is 10.1. The van der Waals surface area contributed by atoms with Crippen LogP contribution in [-0.2, 0) is 0 Å². The van der Waals surface area contributed by atoms with Crippen molar-refractivity contribution in [3.63, 3.8) is 0 Å². The maximum Gasteiger partial charge on any atom is 0.251 e. The smallest absolute Gasteiger partial charge is 0.251 e. The van der Waals surface area contributed by atoms with E-state index in [0.29, 0.717) is 16.5 Å². The number of hydrogen-bond donors (Lipinski definition) is 1. The van der Waals surface area contributed by atoms with Gasteiger partial charge in [-0.05, 0) is 43.0 Å². The Labute approximate surface area is 102 Å². The molecule has 0 atom stereocenters. The van der Waals surface area contributed by atoms with Gasteiger partial charge in [0.1, 0.15) is 0 Å². The Kier molecular flexibility index (Phi) is 5.33. The minimum Gasteiger partial charge on any atom is -0.352 e. The zero-order valence-corrected chi connectivity index (χ0v) is 10.6. The first-order valence-corrected chi connectivity index (χ1v) is 6.01. The molecule has 0 spiro atoms. The van der Waals surface area contributed by atoms with Crippen LogP contribution in [0, 0.1) is 5.92 Å². The van der Waals surface area contributed by atoms with E-state index >= 15 is 0 Å². The van der Waals surface area contributed by atoms with Crippen molar-refractivity contribution in [1.82, 2.24) is 5.32 Å². The van der Waals surface area contributed by atoms with Crippen LogP contribution in [0.4, 0.5) is 0 Å². The number of benzene rings is 1. The highest BCUT2D eigenvalue weighted by molar-refractivity contribution is 6.30. The molecule has 1 aromatic rings. The number of carbonyl (C=O) groups excluding carboxylic acids is 1. The van der Waals surface area contributed by atoms with Gasteiger partial charge in [-0.25, -0.2) is 0 Å². The van der Waals surface area contributed by atoms with Gasteiger partial charge in [0.15, 0.2) is 0 Å². The molecule has 1 amide bonds. The van der Waals surface area contributed by atoms with Crippen molar-refractivity contribution in [3.05, 3.63) is 34.9 Å². The second-order valence-electron chi connectivity index (χ2n) is 4.30. The molecular formula is C13H18ClNO. The van der Waals surface area contributed by atoms with Crippen LogP contribution < -0.4 is 5.32 Å². The van der Waals surface area contributed by atoms with Gasteiger partial charge in [0.25, 0.3) is 5.91 Å². The first-order chi connectivity index (χ1) is 7.59. The molecule has 88 valence electrons. The van der Waals surface area contributed by atoms with E-state index in [9.17, 15) is 4.79 Å². The fourth-order valence-electron chi connectivity index (χ4n) is 1.42. The fraction of sp³-hybridized carbons (Fsp3) is 0.462. The number of halogens is 1. The molecular weight excluding hydrogens is 222 g/mol. The number of hydrogen-bond acceptors (Lipinski definition) is 1. The Bertz CT molecular complexity index is 332. The van der Waals surface area contributed by atoms with Gasteiger partial charge in [-0.3, -0.25) is 4.79 Å². The summed E-state index contributed by atoms with van der Waals surface area (Å²) in [5.41, 5.74) is 0.661. The van der Waals surface area contributed by atoms with E-state index < -0.39 is 0 Å². The molecule has 0 aromatic heterocycles. The average molecular weight is 240 g/mol. The van der Waals surface area contributed by atoms with Crippen LogP contribution in [0.1, 0.15) is 37.0 Å².